The Morgan fingerprint density at radius 2 is 1.81 bits per heavy atom. The SMILES string of the molecule is COCC(Cl)CN(C)c1ccc(S(=O)(=O)C(F)(F)F)cc1. The first-order valence-electron chi connectivity index (χ1n) is 5.85. The van der Waals surface area contributed by atoms with Crippen LogP contribution < -0.4 is 4.90 Å². The minimum Gasteiger partial charge on any atom is -0.383 e. The quantitative estimate of drug-likeness (QED) is 0.744. The van der Waals surface area contributed by atoms with Crippen LogP contribution in [0.25, 0.3) is 0 Å². The molecule has 0 saturated carbocycles. The highest BCUT2D eigenvalue weighted by Gasteiger charge is 2.46. The van der Waals surface area contributed by atoms with Crippen molar-refractivity contribution in [3.05, 3.63) is 24.3 Å². The van der Waals surface area contributed by atoms with E-state index in [1.54, 1.807) is 11.9 Å². The zero-order chi connectivity index (χ0) is 16.3. The Kier molecular flexibility index (Phi) is 5.89. The molecular formula is C12H15ClF3NO3S. The van der Waals surface area contributed by atoms with Crippen LogP contribution in [-0.2, 0) is 14.6 Å². The summed E-state index contributed by atoms with van der Waals surface area (Å²) in [6.45, 7) is 0.729. The van der Waals surface area contributed by atoms with Gasteiger partial charge in [-0.15, -0.1) is 11.6 Å². The number of alkyl halides is 4. The summed E-state index contributed by atoms with van der Waals surface area (Å²) in [5.74, 6) is 0. The molecule has 0 amide bonds. The number of hydrogen-bond donors (Lipinski definition) is 0. The van der Waals surface area contributed by atoms with Crippen molar-refractivity contribution < 1.29 is 26.3 Å². The van der Waals surface area contributed by atoms with E-state index >= 15 is 0 Å². The summed E-state index contributed by atoms with van der Waals surface area (Å²) in [4.78, 5) is 0.909. The highest BCUT2D eigenvalue weighted by atomic mass is 35.5. The van der Waals surface area contributed by atoms with Crippen molar-refractivity contribution in [1.82, 2.24) is 0 Å². The molecule has 0 aromatic heterocycles. The molecule has 0 aliphatic rings. The van der Waals surface area contributed by atoms with Crippen molar-refractivity contribution in [2.75, 3.05) is 32.2 Å². The Morgan fingerprint density at radius 1 is 1.29 bits per heavy atom. The van der Waals surface area contributed by atoms with E-state index in [1.165, 1.54) is 19.2 Å². The van der Waals surface area contributed by atoms with Crippen molar-refractivity contribution in [2.24, 2.45) is 0 Å². The third-order valence-corrected chi connectivity index (χ3v) is 4.48. The zero-order valence-corrected chi connectivity index (χ0v) is 13.0. The summed E-state index contributed by atoms with van der Waals surface area (Å²) >= 11 is 5.98. The summed E-state index contributed by atoms with van der Waals surface area (Å²) in [7, 11) is -2.12. The number of hydrogen-bond acceptors (Lipinski definition) is 4. The van der Waals surface area contributed by atoms with Crippen LogP contribution in [0.5, 0.6) is 0 Å². The number of halogens is 4. The highest BCUT2D eigenvalue weighted by Crippen LogP contribution is 2.31. The van der Waals surface area contributed by atoms with Gasteiger partial charge in [-0.05, 0) is 24.3 Å². The molecule has 0 saturated heterocycles. The Balaban J connectivity index is 2.88. The molecule has 1 unspecified atom stereocenters. The van der Waals surface area contributed by atoms with E-state index in [-0.39, 0.29) is 5.38 Å². The number of ether oxygens (including phenoxy) is 1. The van der Waals surface area contributed by atoms with Gasteiger partial charge in [0, 0.05) is 26.4 Å². The number of methoxy groups -OCH3 is 1. The van der Waals surface area contributed by atoms with Crippen LogP contribution in [0.4, 0.5) is 18.9 Å². The molecule has 1 atom stereocenters. The van der Waals surface area contributed by atoms with E-state index in [1.807, 2.05) is 0 Å². The van der Waals surface area contributed by atoms with E-state index in [4.69, 9.17) is 16.3 Å². The van der Waals surface area contributed by atoms with Crippen molar-refractivity contribution in [2.45, 2.75) is 15.8 Å². The maximum atomic E-state index is 12.4. The van der Waals surface area contributed by atoms with Gasteiger partial charge in [0.1, 0.15) is 0 Å². The maximum absolute atomic E-state index is 12.4. The number of benzene rings is 1. The summed E-state index contributed by atoms with van der Waals surface area (Å²) in [5, 5.41) is -0.293. The van der Waals surface area contributed by atoms with Gasteiger partial charge in [-0.2, -0.15) is 13.2 Å². The van der Waals surface area contributed by atoms with Crippen molar-refractivity contribution >= 4 is 27.1 Å². The third-order valence-electron chi connectivity index (χ3n) is 2.71. The topological polar surface area (TPSA) is 46.6 Å². The monoisotopic (exact) mass is 345 g/mol. The maximum Gasteiger partial charge on any atom is 0.501 e. The average molecular weight is 346 g/mol. The van der Waals surface area contributed by atoms with Crippen molar-refractivity contribution in [3.8, 4) is 0 Å². The van der Waals surface area contributed by atoms with Gasteiger partial charge in [-0.1, -0.05) is 0 Å². The molecule has 0 heterocycles. The fourth-order valence-electron chi connectivity index (χ4n) is 1.65. The van der Waals surface area contributed by atoms with Gasteiger partial charge in [0.05, 0.1) is 16.9 Å². The lowest BCUT2D eigenvalue weighted by molar-refractivity contribution is -0.0436. The molecule has 0 radical (unpaired) electrons. The first-order chi connectivity index (χ1) is 9.59. The van der Waals surface area contributed by atoms with Crippen LogP contribution in [0.1, 0.15) is 0 Å². The van der Waals surface area contributed by atoms with E-state index in [9.17, 15) is 21.6 Å². The van der Waals surface area contributed by atoms with Crippen LogP contribution >= 0.6 is 11.6 Å². The molecule has 0 spiro atoms. The van der Waals surface area contributed by atoms with Crippen molar-refractivity contribution in [3.63, 3.8) is 0 Å². The van der Waals surface area contributed by atoms with E-state index in [2.05, 4.69) is 0 Å². The van der Waals surface area contributed by atoms with Crippen LogP contribution in [-0.4, -0.2) is 46.6 Å². The van der Waals surface area contributed by atoms with Gasteiger partial charge < -0.3 is 9.64 Å². The molecule has 1 aromatic rings. The van der Waals surface area contributed by atoms with Gasteiger partial charge >= 0.3 is 5.51 Å². The smallest absolute Gasteiger partial charge is 0.383 e. The first-order valence-corrected chi connectivity index (χ1v) is 7.77. The van der Waals surface area contributed by atoms with Gasteiger partial charge in [-0.3, -0.25) is 0 Å². The molecule has 21 heavy (non-hydrogen) atoms. The molecule has 0 fully saturated rings. The van der Waals surface area contributed by atoms with Crippen molar-refractivity contribution in [1.29, 1.82) is 0 Å². The largest absolute Gasteiger partial charge is 0.501 e. The van der Waals surface area contributed by atoms with Gasteiger partial charge in [0.15, 0.2) is 0 Å². The zero-order valence-electron chi connectivity index (χ0n) is 11.4. The highest BCUT2D eigenvalue weighted by molar-refractivity contribution is 7.92. The molecule has 0 aliphatic heterocycles. The molecule has 0 bridgehead atoms. The second-order valence-electron chi connectivity index (χ2n) is 4.38. The summed E-state index contributed by atoms with van der Waals surface area (Å²) in [6.07, 6.45) is 0. The standard InChI is InChI=1S/C12H15ClF3NO3S/c1-17(7-9(13)8-20-2)10-3-5-11(6-4-10)21(18,19)12(14,15)16/h3-6,9H,7-8H2,1-2H3. The number of anilines is 1. The fraction of sp³-hybridized carbons (Fsp3) is 0.500. The second-order valence-corrected chi connectivity index (χ2v) is 6.93. The molecule has 4 nitrogen and oxygen atoms in total. The minimum atomic E-state index is -5.32. The van der Waals surface area contributed by atoms with Crippen LogP contribution in [0.2, 0.25) is 0 Å². The summed E-state index contributed by atoms with van der Waals surface area (Å²) in [5.41, 5.74) is -4.75. The third kappa shape index (κ3) is 4.49. The normalized spacial score (nSPS) is 14.0. The molecule has 120 valence electrons. The molecular weight excluding hydrogens is 331 g/mol. The van der Waals surface area contributed by atoms with Gasteiger partial charge in [0.25, 0.3) is 9.84 Å². The van der Waals surface area contributed by atoms with Crippen LogP contribution in [0.15, 0.2) is 29.2 Å². The van der Waals surface area contributed by atoms with E-state index in [0.29, 0.717) is 18.8 Å². The molecule has 1 rings (SSSR count). The second kappa shape index (κ2) is 6.85. The average Bonchev–Trinajstić information content (AvgIpc) is 2.37. The van der Waals surface area contributed by atoms with Crippen LogP contribution in [0.3, 0.4) is 0 Å². The number of rotatable bonds is 6. The fourth-order valence-corrected chi connectivity index (χ4v) is 2.74. The van der Waals surface area contributed by atoms with E-state index < -0.39 is 20.2 Å². The van der Waals surface area contributed by atoms with Gasteiger partial charge in [0.2, 0.25) is 0 Å². The Morgan fingerprint density at radius 3 is 2.24 bits per heavy atom. The molecule has 1 aromatic carbocycles. The lowest BCUT2D eigenvalue weighted by atomic mass is 10.3. The number of sulfone groups is 1. The Bertz CT molecular complexity index is 560. The lowest BCUT2D eigenvalue weighted by Gasteiger charge is -2.22. The molecule has 0 N–H and O–H groups in total. The molecule has 0 aliphatic carbocycles. The predicted octanol–water partition coefficient (Wildman–Crippen LogP) is 2.67. The Labute approximate surface area is 126 Å². The minimum absolute atomic E-state index is 0.293. The predicted molar refractivity (Wildman–Crippen MR) is 74.5 cm³/mol. The summed E-state index contributed by atoms with van der Waals surface area (Å²) < 4.78 is 64.5. The lowest BCUT2D eigenvalue weighted by Crippen LogP contribution is -2.28. The molecule has 9 heteroatoms. The first kappa shape index (κ1) is 18.1. The number of nitrogens with zero attached hydrogens (tertiary/aromatic N) is 1. The Hall–Kier alpha value is -0.990. The summed E-state index contributed by atoms with van der Waals surface area (Å²) in [6, 6.07) is 4.45. The van der Waals surface area contributed by atoms with Gasteiger partial charge in [-0.25, -0.2) is 8.42 Å². The van der Waals surface area contributed by atoms with Crippen LogP contribution in [0, 0.1) is 0 Å². The van der Waals surface area contributed by atoms with E-state index in [0.717, 1.165) is 12.1 Å².